The molecule has 1 aromatic rings. The van der Waals surface area contributed by atoms with Crippen LogP contribution < -0.4 is 4.74 Å². The van der Waals surface area contributed by atoms with E-state index in [1.54, 1.807) is 31.4 Å². The Kier molecular flexibility index (Phi) is 2.60. The highest BCUT2D eigenvalue weighted by molar-refractivity contribution is 5.64. The summed E-state index contributed by atoms with van der Waals surface area (Å²) in [5, 5.41) is 10.7. The van der Waals surface area contributed by atoms with E-state index in [0.29, 0.717) is 12.0 Å². The van der Waals surface area contributed by atoms with Gasteiger partial charge in [0.25, 0.3) is 0 Å². The molecule has 16 heavy (non-hydrogen) atoms. The summed E-state index contributed by atoms with van der Waals surface area (Å²) in [5.74, 6) is -0.0634. The second-order valence-corrected chi connectivity index (χ2v) is 3.79. The van der Waals surface area contributed by atoms with Gasteiger partial charge in [-0.15, -0.1) is 0 Å². The largest absolute Gasteiger partial charge is 0.497 e. The van der Waals surface area contributed by atoms with Gasteiger partial charge in [0.1, 0.15) is 12.0 Å². The molecule has 1 saturated carbocycles. The van der Waals surface area contributed by atoms with Gasteiger partial charge in [-0.05, 0) is 17.7 Å². The molecule has 0 amide bonds. The van der Waals surface area contributed by atoms with Gasteiger partial charge in [0.05, 0.1) is 18.9 Å². The van der Waals surface area contributed by atoms with Crippen LogP contribution in [0.5, 0.6) is 5.75 Å². The highest BCUT2D eigenvalue weighted by Crippen LogP contribution is 2.48. The lowest BCUT2D eigenvalue weighted by Crippen LogP contribution is -2.05. The average molecular weight is 221 g/mol. The number of aldehydes is 1. The molecule has 1 aliphatic carbocycles. The van der Waals surface area contributed by atoms with Crippen LogP contribution in [0.3, 0.4) is 0 Å². The van der Waals surface area contributed by atoms with E-state index >= 15 is 0 Å². The van der Waals surface area contributed by atoms with Crippen LogP contribution in [-0.2, 0) is 4.79 Å². The van der Waals surface area contributed by atoms with Crippen LogP contribution in [0, 0.1) is 16.0 Å². The Balaban J connectivity index is 2.19. The molecule has 0 heterocycles. The summed E-state index contributed by atoms with van der Waals surface area (Å²) in [6.45, 7) is 0. The highest BCUT2D eigenvalue weighted by atomic mass is 16.6. The fourth-order valence-corrected chi connectivity index (χ4v) is 2.00. The Labute approximate surface area is 92.2 Å². The molecule has 0 spiro atoms. The van der Waals surface area contributed by atoms with Gasteiger partial charge in [0, 0.05) is 4.92 Å². The summed E-state index contributed by atoms with van der Waals surface area (Å²) in [6, 6.07) is 6.26. The Morgan fingerprint density at radius 3 is 2.38 bits per heavy atom. The molecule has 0 radical (unpaired) electrons. The monoisotopic (exact) mass is 221 g/mol. The minimum atomic E-state index is -0.758. The summed E-state index contributed by atoms with van der Waals surface area (Å²) < 4.78 is 4.99. The highest BCUT2D eigenvalue weighted by Gasteiger charge is 2.61. The molecule has 0 saturated heterocycles. The van der Waals surface area contributed by atoms with Gasteiger partial charge in [-0.3, -0.25) is 10.1 Å². The predicted molar refractivity (Wildman–Crippen MR) is 56.1 cm³/mol. The first-order valence-corrected chi connectivity index (χ1v) is 4.91. The van der Waals surface area contributed by atoms with Gasteiger partial charge in [-0.25, -0.2) is 0 Å². The Hall–Kier alpha value is -1.91. The van der Waals surface area contributed by atoms with Gasteiger partial charge < -0.3 is 9.53 Å². The standard InChI is InChI=1S/C11H11NO4/c1-16-8-4-2-7(3-5-8)10-9(6-13)11(10)12(14)15/h2-6,9-11H,1H3/t9-,10+,11+/m0/s1. The number of hydrogen-bond donors (Lipinski definition) is 0. The third-order valence-corrected chi connectivity index (χ3v) is 2.94. The van der Waals surface area contributed by atoms with E-state index in [1.807, 2.05) is 0 Å². The third-order valence-electron chi connectivity index (χ3n) is 2.94. The zero-order chi connectivity index (χ0) is 11.7. The Bertz CT molecular complexity index is 414. The minimum Gasteiger partial charge on any atom is -0.497 e. The van der Waals surface area contributed by atoms with E-state index in [9.17, 15) is 14.9 Å². The topological polar surface area (TPSA) is 69.4 Å². The van der Waals surface area contributed by atoms with Crippen molar-refractivity contribution in [1.82, 2.24) is 0 Å². The molecule has 0 aromatic heterocycles. The van der Waals surface area contributed by atoms with Crippen molar-refractivity contribution in [3.8, 4) is 5.75 Å². The van der Waals surface area contributed by atoms with Gasteiger partial charge in [0.15, 0.2) is 0 Å². The van der Waals surface area contributed by atoms with Crippen molar-refractivity contribution in [2.75, 3.05) is 7.11 Å². The first-order chi connectivity index (χ1) is 7.69. The first-order valence-electron chi connectivity index (χ1n) is 4.91. The lowest BCUT2D eigenvalue weighted by molar-refractivity contribution is -0.498. The zero-order valence-electron chi connectivity index (χ0n) is 8.70. The molecule has 0 N–H and O–H groups in total. The molecule has 3 atom stereocenters. The minimum absolute atomic E-state index is 0.279. The summed E-state index contributed by atoms with van der Waals surface area (Å²) in [4.78, 5) is 20.9. The summed E-state index contributed by atoms with van der Waals surface area (Å²) >= 11 is 0. The second-order valence-electron chi connectivity index (χ2n) is 3.79. The normalized spacial score (nSPS) is 27.2. The zero-order valence-corrected chi connectivity index (χ0v) is 8.70. The van der Waals surface area contributed by atoms with Crippen LogP contribution in [0.2, 0.25) is 0 Å². The van der Waals surface area contributed by atoms with Crippen molar-refractivity contribution in [2.45, 2.75) is 12.0 Å². The SMILES string of the molecule is COc1ccc([C@@H]2[C@H](C=O)[C@H]2[N+](=O)[O-])cc1. The second kappa shape index (κ2) is 3.92. The molecule has 0 aliphatic heterocycles. The summed E-state index contributed by atoms with van der Waals surface area (Å²) in [7, 11) is 1.56. The molecular weight excluding hydrogens is 210 g/mol. The van der Waals surface area contributed by atoms with Crippen molar-refractivity contribution in [3.63, 3.8) is 0 Å². The molecule has 84 valence electrons. The third kappa shape index (κ3) is 1.64. The van der Waals surface area contributed by atoms with Crippen LogP contribution in [-0.4, -0.2) is 24.4 Å². The smallest absolute Gasteiger partial charge is 0.231 e. The number of benzene rings is 1. The van der Waals surface area contributed by atoms with Crippen LogP contribution in [0.4, 0.5) is 0 Å². The lowest BCUT2D eigenvalue weighted by Gasteiger charge is -2.00. The van der Waals surface area contributed by atoms with Crippen molar-refractivity contribution in [2.24, 2.45) is 5.92 Å². The van der Waals surface area contributed by atoms with Crippen LogP contribution in [0.15, 0.2) is 24.3 Å². The number of carbonyl (C=O) groups excluding carboxylic acids is 1. The van der Waals surface area contributed by atoms with Crippen molar-refractivity contribution in [3.05, 3.63) is 39.9 Å². The Morgan fingerprint density at radius 1 is 1.38 bits per heavy atom. The van der Waals surface area contributed by atoms with Gasteiger partial charge >= 0.3 is 0 Å². The maximum atomic E-state index is 10.7. The van der Waals surface area contributed by atoms with Crippen molar-refractivity contribution in [1.29, 1.82) is 0 Å². The van der Waals surface area contributed by atoms with E-state index in [0.717, 1.165) is 5.56 Å². The average Bonchev–Trinajstić information content (AvgIpc) is 3.03. The molecule has 0 unspecified atom stereocenters. The number of rotatable bonds is 4. The number of nitrogens with zero attached hydrogens (tertiary/aromatic N) is 1. The molecule has 1 aromatic carbocycles. The molecule has 1 fully saturated rings. The predicted octanol–water partition coefficient (Wildman–Crippen LogP) is 1.25. The van der Waals surface area contributed by atoms with E-state index < -0.39 is 12.0 Å². The fraction of sp³-hybridized carbons (Fsp3) is 0.364. The van der Waals surface area contributed by atoms with Gasteiger partial charge in [0.2, 0.25) is 6.04 Å². The van der Waals surface area contributed by atoms with Gasteiger partial charge in [-0.1, -0.05) is 12.1 Å². The van der Waals surface area contributed by atoms with Crippen LogP contribution in [0.25, 0.3) is 0 Å². The molecule has 5 heteroatoms. The van der Waals surface area contributed by atoms with Crippen molar-refractivity contribution >= 4 is 6.29 Å². The van der Waals surface area contributed by atoms with E-state index in [1.165, 1.54) is 0 Å². The number of hydrogen-bond acceptors (Lipinski definition) is 4. The molecular formula is C11H11NO4. The molecule has 5 nitrogen and oxygen atoms in total. The number of nitro groups is 1. The lowest BCUT2D eigenvalue weighted by atomic mass is 10.1. The maximum Gasteiger partial charge on any atom is 0.231 e. The molecule has 0 bridgehead atoms. The van der Waals surface area contributed by atoms with Crippen LogP contribution >= 0.6 is 0 Å². The van der Waals surface area contributed by atoms with E-state index in [-0.39, 0.29) is 10.8 Å². The number of methoxy groups -OCH3 is 1. The first kappa shape index (κ1) is 10.6. The van der Waals surface area contributed by atoms with E-state index in [4.69, 9.17) is 4.74 Å². The van der Waals surface area contributed by atoms with Crippen LogP contribution in [0.1, 0.15) is 11.5 Å². The molecule has 2 rings (SSSR count). The maximum absolute atomic E-state index is 10.7. The fourth-order valence-electron chi connectivity index (χ4n) is 2.00. The Morgan fingerprint density at radius 2 is 2.00 bits per heavy atom. The molecule has 1 aliphatic rings. The van der Waals surface area contributed by atoms with Gasteiger partial charge in [-0.2, -0.15) is 0 Å². The summed E-state index contributed by atoms with van der Waals surface area (Å²) in [6.07, 6.45) is 0.669. The number of carbonyl (C=O) groups is 1. The van der Waals surface area contributed by atoms with E-state index in [2.05, 4.69) is 0 Å². The van der Waals surface area contributed by atoms with Crippen molar-refractivity contribution < 1.29 is 14.5 Å². The quantitative estimate of drug-likeness (QED) is 0.436. The summed E-state index contributed by atoms with van der Waals surface area (Å²) in [5.41, 5.74) is 0.819. The number of ether oxygens (including phenoxy) is 1.